The lowest BCUT2D eigenvalue weighted by atomic mass is 10.3. The zero-order chi connectivity index (χ0) is 13.0. The van der Waals surface area contributed by atoms with Crippen molar-refractivity contribution in [3.8, 4) is 0 Å². The van der Waals surface area contributed by atoms with Crippen molar-refractivity contribution in [3.05, 3.63) is 46.2 Å². The van der Waals surface area contributed by atoms with Crippen LogP contribution in [0.15, 0.2) is 34.5 Å². The quantitative estimate of drug-likeness (QED) is 0.840. The number of rotatable bonds is 5. The van der Waals surface area contributed by atoms with Crippen molar-refractivity contribution in [1.29, 1.82) is 0 Å². The van der Waals surface area contributed by atoms with Gasteiger partial charge in [-0.05, 0) is 25.0 Å². The molecule has 1 unspecified atom stereocenters. The molecule has 0 bridgehead atoms. The van der Waals surface area contributed by atoms with Crippen molar-refractivity contribution in [2.75, 3.05) is 0 Å². The van der Waals surface area contributed by atoms with Gasteiger partial charge in [0.25, 0.3) is 0 Å². The first-order valence-electron chi connectivity index (χ1n) is 5.77. The molecule has 1 aromatic heterocycles. The van der Waals surface area contributed by atoms with E-state index < -0.39 is 16.6 Å². The van der Waals surface area contributed by atoms with Crippen LogP contribution < -0.4 is 0 Å². The van der Waals surface area contributed by atoms with Crippen LogP contribution in [0.2, 0.25) is 0 Å². The highest BCUT2D eigenvalue weighted by Crippen LogP contribution is 2.18. The molecule has 2 aromatic rings. The average Bonchev–Trinajstić information content (AvgIpc) is 2.77. The van der Waals surface area contributed by atoms with Crippen molar-refractivity contribution in [1.82, 2.24) is 4.98 Å². The number of aryl methyl sites for hydroxylation is 1. The molecule has 1 heterocycles. The summed E-state index contributed by atoms with van der Waals surface area (Å²) in [5, 5.41) is 2.96. The largest absolute Gasteiger partial charge is 0.254 e. The van der Waals surface area contributed by atoms with E-state index in [-0.39, 0.29) is 10.6 Å². The summed E-state index contributed by atoms with van der Waals surface area (Å²) in [6.45, 7) is 2.10. The third-order valence-corrected chi connectivity index (χ3v) is 4.76. The van der Waals surface area contributed by atoms with Crippen LogP contribution >= 0.6 is 11.3 Å². The number of thiazole rings is 1. The molecule has 2 rings (SSSR count). The van der Waals surface area contributed by atoms with Gasteiger partial charge in [-0.1, -0.05) is 19.1 Å². The standard InChI is InChI=1S/C13H14FNOS2/c1-2-5-13-15-10(8-17-13)9-18(16)12-7-4-3-6-11(12)14/h3-4,6-8H,2,5,9H2,1H3. The van der Waals surface area contributed by atoms with E-state index in [0.29, 0.717) is 0 Å². The molecular formula is C13H14FNOS2. The smallest absolute Gasteiger partial charge is 0.139 e. The lowest BCUT2D eigenvalue weighted by Gasteiger charge is -2.01. The van der Waals surface area contributed by atoms with Gasteiger partial charge in [0.05, 0.1) is 32.1 Å². The van der Waals surface area contributed by atoms with Crippen LogP contribution in [0.1, 0.15) is 24.0 Å². The number of nitrogens with zero attached hydrogens (tertiary/aromatic N) is 1. The topological polar surface area (TPSA) is 30.0 Å². The van der Waals surface area contributed by atoms with Crippen molar-refractivity contribution in [2.24, 2.45) is 0 Å². The summed E-state index contributed by atoms with van der Waals surface area (Å²) in [6.07, 6.45) is 1.99. The maximum atomic E-state index is 13.5. The van der Waals surface area contributed by atoms with Crippen molar-refractivity contribution < 1.29 is 8.60 Å². The molecule has 0 aliphatic carbocycles. The fraction of sp³-hybridized carbons (Fsp3) is 0.308. The van der Waals surface area contributed by atoms with E-state index in [9.17, 15) is 8.60 Å². The van der Waals surface area contributed by atoms with E-state index in [1.54, 1.807) is 29.5 Å². The predicted molar refractivity (Wildman–Crippen MR) is 72.6 cm³/mol. The summed E-state index contributed by atoms with van der Waals surface area (Å²) < 4.78 is 25.5. The second kappa shape index (κ2) is 6.20. The minimum Gasteiger partial charge on any atom is -0.254 e. The average molecular weight is 283 g/mol. The van der Waals surface area contributed by atoms with E-state index in [0.717, 1.165) is 23.5 Å². The minimum atomic E-state index is -1.37. The lowest BCUT2D eigenvalue weighted by Crippen LogP contribution is -1.99. The number of halogens is 1. The Hall–Kier alpha value is -1.07. The zero-order valence-electron chi connectivity index (χ0n) is 10.1. The van der Waals surface area contributed by atoms with E-state index in [2.05, 4.69) is 11.9 Å². The van der Waals surface area contributed by atoms with Crippen molar-refractivity contribution in [3.63, 3.8) is 0 Å². The van der Waals surface area contributed by atoms with Gasteiger partial charge in [-0.2, -0.15) is 0 Å². The summed E-state index contributed by atoms with van der Waals surface area (Å²) in [6, 6.07) is 6.18. The Kier molecular flexibility index (Phi) is 4.60. The van der Waals surface area contributed by atoms with Crippen LogP contribution in [0.4, 0.5) is 4.39 Å². The van der Waals surface area contributed by atoms with Gasteiger partial charge < -0.3 is 0 Å². The molecule has 0 spiro atoms. The highest BCUT2D eigenvalue weighted by Gasteiger charge is 2.11. The van der Waals surface area contributed by atoms with E-state index >= 15 is 0 Å². The van der Waals surface area contributed by atoms with Crippen LogP contribution in [0.3, 0.4) is 0 Å². The molecule has 0 aliphatic heterocycles. The highest BCUT2D eigenvalue weighted by molar-refractivity contribution is 7.84. The summed E-state index contributed by atoms with van der Waals surface area (Å²) in [4.78, 5) is 4.65. The Balaban J connectivity index is 2.09. The Morgan fingerprint density at radius 1 is 1.39 bits per heavy atom. The molecule has 0 saturated carbocycles. The lowest BCUT2D eigenvalue weighted by molar-refractivity contribution is 0.595. The Morgan fingerprint density at radius 3 is 2.89 bits per heavy atom. The summed E-state index contributed by atoms with van der Waals surface area (Å²) in [7, 11) is -1.37. The van der Waals surface area contributed by atoms with Gasteiger partial charge in [-0.25, -0.2) is 9.37 Å². The van der Waals surface area contributed by atoms with Gasteiger partial charge in [0.2, 0.25) is 0 Å². The van der Waals surface area contributed by atoms with Gasteiger partial charge >= 0.3 is 0 Å². The molecule has 0 radical (unpaired) electrons. The van der Waals surface area contributed by atoms with E-state index in [1.165, 1.54) is 6.07 Å². The molecule has 1 aromatic carbocycles. The van der Waals surface area contributed by atoms with Crippen LogP contribution in [0.25, 0.3) is 0 Å². The molecule has 5 heteroatoms. The maximum absolute atomic E-state index is 13.5. The summed E-state index contributed by atoms with van der Waals surface area (Å²) >= 11 is 1.58. The molecule has 18 heavy (non-hydrogen) atoms. The fourth-order valence-corrected chi connectivity index (χ4v) is 3.68. The number of aromatic nitrogens is 1. The first-order chi connectivity index (χ1) is 8.70. The molecule has 0 N–H and O–H groups in total. The second-order valence-corrected chi connectivity index (χ2v) is 6.27. The monoisotopic (exact) mass is 283 g/mol. The third-order valence-electron chi connectivity index (χ3n) is 2.42. The first kappa shape index (κ1) is 13.4. The predicted octanol–water partition coefficient (Wildman–Crippen LogP) is 3.54. The molecule has 0 amide bonds. The molecule has 1 atom stereocenters. The SMILES string of the molecule is CCCc1nc(CS(=O)c2ccccc2F)cs1. The number of hydrogen-bond donors (Lipinski definition) is 0. The van der Waals surface area contributed by atoms with Crippen LogP contribution in [0.5, 0.6) is 0 Å². The fourth-order valence-electron chi connectivity index (χ4n) is 1.59. The molecule has 2 nitrogen and oxygen atoms in total. The highest BCUT2D eigenvalue weighted by atomic mass is 32.2. The number of benzene rings is 1. The minimum absolute atomic E-state index is 0.252. The molecule has 0 aliphatic rings. The van der Waals surface area contributed by atoms with Crippen molar-refractivity contribution in [2.45, 2.75) is 30.4 Å². The van der Waals surface area contributed by atoms with Crippen molar-refractivity contribution >= 4 is 22.1 Å². The molecule has 0 fully saturated rings. The van der Waals surface area contributed by atoms with Gasteiger partial charge in [0, 0.05) is 5.38 Å². The van der Waals surface area contributed by atoms with E-state index in [4.69, 9.17) is 0 Å². The van der Waals surface area contributed by atoms with Gasteiger partial charge in [-0.3, -0.25) is 4.21 Å². The zero-order valence-corrected chi connectivity index (χ0v) is 11.7. The van der Waals surface area contributed by atoms with E-state index in [1.807, 2.05) is 5.38 Å². The van der Waals surface area contributed by atoms with Crippen LogP contribution in [0, 0.1) is 5.82 Å². The normalized spacial score (nSPS) is 12.6. The summed E-state index contributed by atoms with van der Waals surface area (Å²) in [5.74, 6) is -0.138. The van der Waals surface area contributed by atoms with Gasteiger partial charge in [0.1, 0.15) is 5.82 Å². The Morgan fingerprint density at radius 2 is 2.17 bits per heavy atom. The number of hydrogen-bond acceptors (Lipinski definition) is 3. The van der Waals surface area contributed by atoms with Gasteiger partial charge in [-0.15, -0.1) is 11.3 Å². The molecule has 0 saturated heterocycles. The third kappa shape index (κ3) is 3.23. The maximum Gasteiger partial charge on any atom is 0.139 e. The Bertz CT molecular complexity index is 553. The molecule has 96 valence electrons. The van der Waals surface area contributed by atoms with Crippen LogP contribution in [-0.4, -0.2) is 9.19 Å². The van der Waals surface area contributed by atoms with Crippen LogP contribution in [-0.2, 0) is 23.0 Å². The molecular weight excluding hydrogens is 269 g/mol. The Labute approximate surface area is 112 Å². The second-order valence-electron chi connectivity index (χ2n) is 3.90. The first-order valence-corrected chi connectivity index (χ1v) is 7.96. The summed E-state index contributed by atoms with van der Waals surface area (Å²) in [5.41, 5.74) is 0.782. The van der Waals surface area contributed by atoms with Gasteiger partial charge in [0.15, 0.2) is 0 Å².